The van der Waals surface area contributed by atoms with Crippen molar-refractivity contribution in [2.75, 3.05) is 11.5 Å². The van der Waals surface area contributed by atoms with Gasteiger partial charge >= 0.3 is 0 Å². The molecule has 1 aromatic heterocycles. The molecule has 1 aliphatic heterocycles. The second-order valence-electron chi connectivity index (χ2n) is 8.72. The molecule has 3 atom stereocenters. The maximum Gasteiger partial charge on any atom is 0.251 e. The highest BCUT2D eigenvalue weighted by atomic mass is 32.2. The fourth-order valence-electron chi connectivity index (χ4n) is 4.12. The summed E-state index contributed by atoms with van der Waals surface area (Å²) >= 11 is 0. The standard InChI is InChI=1S/C23H26FN3O5S/c1-14(28)21-19-11-16(22(29)25-23(3)9-10-33(30,31)13-23)7-8-20(19)27(26-21)17-5-4-6-18(12-17)32-15(2)24/h4-8,11-12,14-15,28H,9-10,13H2,1-3H3,(H,25,29). The number of nitrogens with one attached hydrogen (secondary N) is 1. The molecule has 0 aliphatic carbocycles. The fraction of sp³-hybridized carbons (Fsp3) is 0.391. The molecule has 10 heteroatoms. The van der Waals surface area contributed by atoms with Crippen molar-refractivity contribution < 1.29 is 27.4 Å². The summed E-state index contributed by atoms with van der Waals surface area (Å²) < 4.78 is 43.7. The lowest BCUT2D eigenvalue weighted by molar-refractivity contribution is 0.0860. The number of hydrogen-bond donors (Lipinski definition) is 2. The second-order valence-corrected chi connectivity index (χ2v) is 10.9. The first-order valence-corrected chi connectivity index (χ1v) is 12.4. The third kappa shape index (κ3) is 4.86. The maximum atomic E-state index is 13.3. The number of nitrogens with zero attached hydrogens (tertiary/aromatic N) is 2. The lowest BCUT2D eigenvalue weighted by Gasteiger charge is -2.23. The Morgan fingerprint density at radius 1 is 1.27 bits per heavy atom. The van der Waals surface area contributed by atoms with E-state index in [0.29, 0.717) is 40.0 Å². The van der Waals surface area contributed by atoms with Crippen LogP contribution >= 0.6 is 0 Å². The van der Waals surface area contributed by atoms with Crippen LogP contribution in [0.1, 0.15) is 49.3 Å². The van der Waals surface area contributed by atoms with Gasteiger partial charge in [0.05, 0.1) is 40.0 Å². The van der Waals surface area contributed by atoms with Crippen molar-refractivity contribution in [3.8, 4) is 11.4 Å². The lowest BCUT2D eigenvalue weighted by atomic mass is 10.0. The zero-order valence-electron chi connectivity index (χ0n) is 18.6. The van der Waals surface area contributed by atoms with Gasteiger partial charge in [0.2, 0.25) is 6.36 Å². The van der Waals surface area contributed by atoms with E-state index in [9.17, 15) is 22.7 Å². The van der Waals surface area contributed by atoms with E-state index in [4.69, 9.17) is 4.74 Å². The Kier molecular flexibility index (Phi) is 5.92. The summed E-state index contributed by atoms with van der Waals surface area (Å²) in [6, 6.07) is 11.7. The van der Waals surface area contributed by atoms with Crippen LogP contribution < -0.4 is 10.1 Å². The number of alkyl halides is 1. The van der Waals surface area contributed by atoms with Crippen molar-refractivity contribution >= 4 is 26.6 Å². The van der Waals surface area contributed by atoms with Crippen LogP contribution in [-0.2, 0) is 9.84 Å². The third-order valence-electron chi connectivity index (χ3n) is 5.65. The summed E-state index contributed by atoms with van der Waals surface area (Å²) in [5, 5.41) is 18.2. The summed E-state index contributed by atoms with van der Waals surface area (Å²) in [6.07, 6.45) is -2.02. The summed E-state index contributed by atoms with van der Waals surface area (Å²) in [4.78, 5) is 12.9. The van der Waals surface area contributed by atoms with Crippen LogP contribution in [0.2, 0.25) is 0 Å². The quantitative estimate of drug-likeness (QED) is 0.567. The number of carbonyl (C=O) groups excluding carboxylic acids is 1. The fourth-order valence-corrected chi connectivity index (χ4v) is 6.21. The molecule has 176 valence electrons. The topological polar surface area (TPSA) is 111 Å². The van der Waals surface area contributed by atoms with E-state index < -0.39 is 33.7 Å². The molecule has 2 heterocycles. The molecule has 33 heavy (non-hydrogen) atoms. The molecule has 8 nitrogen and oxygen atoms in total. The summed E-state index contributed by atoms with van der Waals surface area (Å²) in [6.45, 7) is 4.59. The molecule has 1 fully saturated rings. The van der Waals surface area contributed by atoms with Crippen LogP contribution in [-0.4, -0.2) is 52.6 Å². The largest absolute Gasteiger partial charge is 0.461 e. The van der Waals surface area contributed by atoms with E-state index in [-0.39, 0.29) is 11.5 Å². The number of carbonyl (C=O) groups is 1. The van der Waals surface area contributed by atoms with Gasteiger partial charge < -0.3 is 15.2 Å². The SMILES string of the molecule is CC(F)Oc1cccc(-n2nc(C(C)O)c3cc(C(=O)NC4(C)CCS(=O)(=O)C4)ccc32)c1. The molecule has 0 spiro atoms. The van der Waals surface area contributed by atoms with Gasteiger partial charge in [0.15, 0.2) is 9.84 Å². The van der Waals surface area contributed by atoms with E-state index in [0.717, 1.165) is 0 Å². The number of rotatable bonds is 6. The minimum atomic E-state index is -3.17. The number of aliphatic hydroxyl groups is 1. The Labute approximate surface area is 191 Å². The zero-order chi connectivity index (χ0) is 24.0. The summed E-state index contributed by atoms with van der Waals surface area (Å²) in [5.41, 5.74) is 1.13. The molecular weight excluding hydrogens is 449 g/mol. The highest BCUT2D eigenvalue weighted by Crippen LogP contribution is 2.29. The molecule has 4 rings (SSSR count). The molecule has 1 saturated heterocycles. The van der Waals surface area contributed by atoms with Gasteiger partial charge in [-0.25, -0.2) is 17.5 Å². The molecule has 0 radical (unpaired) electrons. The van der Waals surface area contributed by atoms with Gasteiger partial charge in [-0.05, 0) is 50.6 Å². The number of aliphatic hydroxyl groups excluding tert-OH is 1. The van der Waals surface area contributed by atoms with Gasteiger partial charge in [0.1, 0.15) is 5.75 Å². The number of aromatic nitrogens is 2. The van der Waals surface area contributed by atoms with E-state index >= 15 is 0 Å². The number of fused-ring (bicyclic) bond motifs is 1. The molecule has 3 unspecified atom stereocenters. The number of halogens is 1. The average Bonchev–Trinajstić information content (AvgIpc) is 3.24. The van der Waals surface area contributed by atoms with Crippen molar-refractivity contribution in [1.82, 2.24) is 15.1 Å². The molecule has 1 amide bonds. The first-order chi connectivity index (χ1) is 15.5. The molecular formula is C23H26FN3O5S. The maximum absolute atomic E-state index is 13.3. The lowest BCUT2D eigenvalue weighted by Crippen LogP contribution is -2.46. The van der Waals surface area contributed by atoms with Crippen molar-refractivity contribution in [3.63, 3.8) is 0 Å². The highest BCUT2D eigenvalue weighted by molar-refractivity contribution is 7.91. The third-order valence-corrected chi connectivity index (χ3v) is 7.55. The second kappa shape index (κ2) is 8.42. The van der Waals surface area contributed by atoms with Crippen LogP contribution in [0.15, 0.2) is 42.5 Å². The normalized spacial score (nSPS) is 21.6. The minimum Gasteiger partial charge on any atom is -0.461 e. The number of sulfone groups is 1. The number of amides is 1. The average molecular weight is 476 g/mol. The predicted octanol–water partition coefficient (Wildman–Crippen LogP) is 3.08. The van der Waals surface area contributed by atoms with E-state index in [2.05, 4.69) is 10.4 Å². The van der Waals surface area contributed by atoms with Crippen LogP contribution in [0.5, 0.6) is 5.75 Å². The van der Waals surface area contributed by atoms with Gasteiger partial charge in [0.25, 0.3) is 5.91 Å². The molecule has 2 N–H and O–H groups in total. The Morgan fingerprint density at radius 3 is 2.67 bits per heavy atom. The molecule has 2 aromatic carbocycles. The van der Waals surface area contributed by atoms with Crippen molar-refractivity contribution in [3.05, 3.63) is 53.7 Å². The van der Waals surface area contributed by atoms with Crippen LogP contribution in [0.4, 0.5) is 4.39 Å². The Morgan fingerprint density at radius 2 is 2.03 bits per heavy atom. The Hall–Kier alpha value is -2.98. The molecule has 3 aromatic rings. The first kappa shape index (κ1) is 23.2. The minimum absolute atomic E-state index is 0.0473. The Bertz CT molecular complexity index is 1320. The summed E-state index contributed by atoms with van der Waals surface area (Å²) in [5.74, 6) is -0.111. The number of ether oxygens (including phenoxy) is 1. The van der Waals surface area contributed by atoms with E-state index in [1.165, 1.54) is 6.92 Å². The smallest absolute Gasteiger partial charge is 0.251 e. The van der Waals surface area contributed by atoms with Gasteiger partial charge in [0, 0.05) is 23.9 Å². The van der Waals surface area contributed by atoms with Crippen molar-refractivity contribution in [1.29, 1.82) is 0 Å². The van der Waals surface area contributed by atoms with Gasteiger partial charge in [-0.1, -0.05) is 6.07 Å². The number of benzene rings is 2. The van der Waals surface area contributed by atoms with E-state index in [1.54, 1.807) is 61.0 Å². The number of hydrogen-bond acceptors (Lipinski definition) is 6. The van der Waals surface area contributed by atoms with Gasteiger partial charge in [-0.3, -0.25) is 4.79 Å². The van der Waals surface area contributed by atoms with Crippen molar-refractivity contribution in [2.24, 2.45) is 0 Å². The Balaban J connectivity index is 1.71. The summed E-state index contributed by atoms with van der Waals surface area (Å²) in [7, 11) is -3.17. The molecule has 1 aliphatic rings. The highest BCUT2D eigenvalue weighted by Gasteiger charge is 2.39. The van der Waals surface area contributed by atoms with Crippen molar-refractivity contribution in [2.45, 2.75) is 45.2 Å². The zero-order valence-corrected chi connectivity index (χ0v) is 19.4. The van der Waals surface area contributed by atoms with Gasteiger partial charge in [-0.15, -0.1) is 0 Å². The van der Waals surface area contributed by atoms with Crippen LogP contribution in [0, 0.1) is 0 Å². The van der Waals surface area contributed by atoms with E-state index in [1.807, 2.05) is 0 Å². The molecule has 0 saturated carbocycles. The van der Waals surface area contributed by atoms with Crippen LogP contribution in [0.3, 0.4) is 0 Å². The van der Waals surface area contributed by atoms with Crippen LogP contribution in [0.25, 0.3) is 16.6 Å². The predicted molar refractivity (Wildman–Crippen MR) is 122 cm³/mol. The monoisotopic (exact) mass is 475 g/mol. The molecule has 0 bridgehead atoms. The van der Waals surface area contributed by atoms with Gasteiger partial charge in [-0.2, -0.15) is 5.10 Å². The first-order valence-electron chi connectivity index (χ1n) is 10.6.